The zero-order valence-corrected chi connectivity index (χ0v) is 13.2. The Labute approximate surface area is 133 Å². The van der Waals surface area contributed by atoms with Gasteiger partial charge in [-0.05, 0) is 18.6 Å². The molecular weight excluding hydrogens is 294 g/mol. The second-order valence-corrected chi connectivity index (χ2v) is 5.90. The van der Waals surface area contributed by atoms with Crippen LogP contribution in [0.3, 0.4) is 0 Å². The van der Waals surface area contributed by atoms with Gasteiger partial charge in [0.1, 0.15) is 0 Å². The van der Waals surface area contributed by atoms with Crippen LogP contribution in [0.15, 0.2) is 24.7 Å². The molecule has 8 nitrogen and oxygen atoms in total. The number of hydrogen-bond acceptors (Lipinski definition) is 6. The molecule has 4 heterocycles. The lowest BCUT2D eigenvalue weighted by molar-refractivity contribution is 0.181. The number of nitrogens with one attached hydrogen (secondary N) is 1. The van der Waals surface area contributed by atoms with Crippen molar-refractivity contribution >= 4 is 11.0 Å². The molecule has 1 aliphatic heterocycles. The van der Waals surface area contributed by atoms with Crippen LogP contribution in [-0.4, -0.2) is 49.0 Å². The van der Waals surface area contributed by atoms with E-state index in [2.05, 4.69) is 31.8 Å². The fraction of sp³-hybridized carbons (Fsp3) is 0.467. The van der Waals surface area contributed by atoms with E-state index in [1.807, 2.05) is 35.7 Å². The summed E-state index contributed by atoms with van der Waals surface area (Å²) in [7, 11) is 1.92. The van der Waals surface area contributed by atoms with Gasteiger partial charge in [0.2, 0.25) is 0 Å². The Balaban J connectivity index is 1.49. The van der Waals surface area contributed by atoms with Gasteiger partial charge >= 0.3 is 0 Å². The molecule has 2 atom stereocenters. The number of pyridine rings is 1. The van der Waals surface area contributed by atoms with Gasteiger partial charge in [-0.3, -0.25) is 4.68 Å². The van der Waals surface area contributed by atoms with Crippen molar-refractivity contribution in [3.8, 4) is 0 Å². The lowest BCUT2D eigenvalue weighted by Gasteiger charge is -2.18. The summed E-state index contributed by atoms with van der Waals surface area (Å²) in [5.41, 5.74) is 3.05. The van der Waals surface area contributed by atoms with Crippen LogP contribution < -0.4 is 5.32 Å². The van der Waals surface area contributed by atoms with E-state index in [9.17, 15) is 0 Å². The number of aromatic nitrogens is 6. The van der Waals surface area contributed by atoms with E-state index < -0.39 is 0 Å². The summed E-state index contributed by atoms with van der Waals surface area (Å²) in [6, 6.07) is 2.54. The summed E-state index contributed by atoms with van der Waals surface area (Å²) in [5.74, 6) is 0. The molecule has 4 rings (SSSR count). The van der Waals surface area contributed by atoms with Crippen LogP contribution in [0.2, 0.25) is 0 Å². The Bertz CT molecular complexity index is 811. The first-order valence-corrected chi connectivity index (χ1v) is 7.67. The predicted molar refractivity (Wildman–Crippen MR) is 83.8 cm³/mol. The fourth-order valence-electron chi connectivity index (χ4n) is 3.09. The Morgan fingerprint density at radius 1 is 1.39 bits per heavy atom. The number of aryl methyl sites for hydroxylation is 2. The zero-order chi connectivity index (χ0) is 15.8. The predicted octanol–water partition coefficient (Wildman–Crippen LogP) is 0.598. The average molecular weight is 313 g/mol. The van der Waals surface area contributed by atoms with E-state index in [-0.39, 0.29) is 12.1 Å². The van der Waals surface area contributed by atoms with Crippen molar-refractivity contribution in [2.45, 2.75) is 25.6 Å². The van der Waals surface area contributed by atoms with E-state index in [0.29, 0.717) is 13.2 Å². The molecule has 0 aromatic carbocycles. The summed E-state index contributed by atoms with van der Waals surface area (Å²) in [4.78, 5) is 4.52. The van der Waals surface area contributed by atoms with Crippen molar-refractivity contribution in [3.63, 3.8) is 0 Å². The fourth-order valence-corrected chi connectivity index (χ4v) is 3.09. The summed E-state index contributed by atoms with van der Waals surface area (Å²) in [6.07, 6.45) is 5.47. The van der Waals surface area contributed by atoms with E-state index in [1.54, 1.807) is 6.20 Å². The standard InChI is InChI=1S/C15H19N7O/c1-10-12-5-11(7-17-15(12)21(2)19-10)6-16-13-8-23-9-14(13)22-4-3-18-20-22/h3-5,7,13-14,16H,6,8-9H2,1-2H3/t13-,14+/m0/s1. The van der Waals surface area contributed by atoms with Crippen LogP contribution in [0.5, 0.6) is 0 Å². The molecule has 0 bridgehead atoms. The van der Waals surface area contributed by atoms with Crippen LogP contribution >= 0.6 is 0 Å². The maximum absolute atomic E-state index is 5.59. The van der Waals surface area contributed by atoms with Crippen LogP contribution in [0, 0.1) is 6.92 Å². The molecule has 120 valence electrons. The van der Waals surface area contributed by atoms with E-state index in [1.165, 1.54) is 0 Å². The smallest absolute Gasteiger partial charge is 0.157 e. The molecule has 0 saturated carbocycles. The SMILES string of the molecule is Cc1nn(C)c2ncc(CN[C@H]3COC[C@H]3n3ccnn3)cc12. The van der Waals surface area contributed by atoms with Crippen LogP contribution in [0.4, 0.5) is 0 Å². The first-order chi connectivity index (χ1) is 11.2. The van der Waals surface area contributed by atoms with Gasteiger partial charge in [-0.25, -0.2) is 9.67 Å². The monoisotopic (exact) mass is 313 g/mol. The van der Waals surface area contributed by atoms with Gasteiger partial charge in [-0.1, -0.05) is 5.21 Å². The Morgan fingerprint density at radius 2 is 2.30 bits per heavy atom. The third-order valence-corrected chi connectivity index (χ3v) is 4.32. The highest BCUT2D eigenvalue weighted by Gasteiger charge is 2.29. The van der Waals surface area contributed by atoms with Gasteiger partial charge < -0.3 is 10.1 Å². The Kier molecular flexibility index (Phi) is 3.55. The van der Waals surface area contributed by atoms with Crippen LogP contribution in [0.1, 0.15) is 17.3 Å². The summed E-state index contributed by atoms with van der Waals surface area (Å²) >= 11 is 0. The maximum Gasteiger partial charge on any atom is 0.157 e. The molecule has 8 heteroatoms. The largest absolute Gasteiger partial charge is 0.377 e. The Morgan fingerprint density at radius 3 is 3.13 bits per heavy atom. The molecule has 1 saturated heterocycles. The summed E-state index contributed by atoms with van der Waals surface area (Å²) < 4.78 is 9.27. The first-order valence-electron chi connectivity index (χ1n) is 7.67. The minimum absolute atomic E-state index is 0.175. The number of hydrogen-bond donors (Lipinski definition) is 1. The molecule has 0 unspecified atom stereocenters. The molecule has 1 aliphatic rings. The highest BCUT2D eigenvalue weighted by atomic mass is 16.5. The molecule has 3 aromatic rings. The van der Waals surface area contributed by atoms with Gasteiger partial charge in [0.05, 0.1) is 37.2 Å². The van der Waals surface area contributed by atoms with E-state index in [4.69, 9.17) is 4.74 Å². The number of fused-ring (bicyclic) bond motifs is 1. The molecule has 0 spiro atoms. The Hall–Kier alpha value is -2.32. The van der Waals surface area contributed by atoms with Gasteiger partial charge in [0.15, 0.2) is 5.65 Å². The molecule has 1 fully saturated rings. The minimum Gasteiger partial charge on any atom is -0.377 e. The minimum atomic E-state index is 0.175. The van der Waals surface area contributed by atoms with E-state index in [0.717, 1.165) is 28.8 Å². The highest BCUT2D eigenvalue weighted by Crippen LogP contribution is 2.20. The van der Waals surface area contributed by atoms with Gasteiger partial charge in [-0.15, -0.1) is 5.10 Å². The molecular formula is C15H19N7O. The van der Waals surface area contributed by atoms with E-state index >= 15 is 0 Å². The van der Waals surface area contributed by atoms with Crippen molar-refractivity contribution in [2.24, 2.45) is 7.05 Å². The topological polar surface area (TPSA) is 82.7 Å². The molecule has 1 N–H and O–H groups in total. The average Bonchev–Trinajstić information content (AvgIpc) is 3.27. The highest BCUT2D eigenvalue weighted by molar-refractivity contribution is 5.78. The molecule has 0 amide bonds. The number of ether oxygens (including phenoxy) is 1. The first kappa shape index (κ1) is 14.3. The molecule has 23 heavy (non-hydrogen) atoms. The normalized spacial score (nSPS) is 21.3. The zero-order valence-electron chi connectivity index (χ0n) is 13.2. The second kappa shape index (κ2) is 5.71. The number of rotatable bonds is 4. The van der Waals surface area contributed by atoms with Crippen molar-refractivity contribution in [3.05, 3.63) is 35.9 Å². The van der Waals surface area contributed by atoms with Crippen molar-refractivity contribution < 1.29 is 4.74 Å². The lowest BCUT2D eigenvalue weighted by atomic mass is 10.1. The third-order valence-electron chi connectivity index (χ3n) is 4.32. The van der Waals surface area contributed by atoms with Crippen LogP contribution in [0.25, 0.3) is 11.0 Å². The van der Waals surface area contributed by atoms with Gasteiger partial charge in [0, 0.05) is 31.4 Å². The van der Waals surface area contributed by atoms with Gasteiger partial charge in [-0.2, -0.15) is 5.10 Å². The quantitative estimate of drug-likeness (QED) is 0.759. The van der Waals surface area contributed by atoms with Crippen molar-refractivity contribution in [1.29, 1.82) is 0 Å². The molecule has 3 aromatic heterocycles. The van der Waals surface area contributed by atoms with Crippen molar-refractivity contribution in [2.75, 3.05) is 13.2 Å². The summed E-state index contributed by atoms with van der Waals surface area (Å²) in [5, 5.41) is 17.0. The maximum atomic E-state index is 5.59. The molecule has 0 aliphatic carbocycles. The lowest BCUT2D eigenvalue weighted by Crippen LogP contribution is -2.36. The summed E-state index contributed by atoms with van der Waals surface area (Å²) in [6.45, 7) is 4.06. The second-order valence-electron chi connectivity index (χ2n) is 5.90. The van der Waals surface area contributed by atoms with Crippen molar-refractivity contribution in [1.82, 2.24) is 35.1 Å². The third kappa shape index (κ3) is 2.60. The van der Waals surface area contributed by atoms with Gasteiger partial charge in [0.25, 0.3) is 0 Å². The number of nitrogens with zero attached hydrogens (tertiary/aromatic N) is 6. The molecule has 0 radical (unpaired) electrons. The van der Waals surface area contributed by atoms with Crippen LogP contribution in [-0.2, 0) is 18.3 Å².